The summed E-state index contributed by atoms with van der Waals surface area (Å²) in [5, 5.41) is 20.3. The Balaban J connectivity index is 1.80. The number of hydrogen-bond donors (Lipinski definition) is 0. The SMILES string of the molecule is Cc1cccc(S(=O)(=O)N2CCN(c3cccc([N+](=O)[O-])c3)CC2)c1C#N. The van der Waals surface area contributed by atoms with Gasteiger partial charge in [-0.15, -0.1) is 0 Å². The Morgan fingerprint density at radius 1 is 1.11 bits per heavy atom. The van der Waals surface area contributed by atoms with Gasteiger partial charge in [0, 0.05) is 44.0 Å². The van der Waals surface area contributed by atoms with Gasteiger partial charge in [0.25, 0.3) is 5.69 Å². The van der Waals surface area contributed by atoms with Gasteiger partial charge < -0.3 is 4.90 Å². The summed E-state index contributed by atoms with van der Waals surface area (Å²) in [4.78, 5) is 12.4. The molecule has 1 aliphatic rings. The molecule has 2 aromatic carbocycles. The number of anilines is 1. The number of aryl methyl sites for hydroxylation is 1. The van der Waals surface area contributed by atoms with Crippen LogP contribution in [0.3, 0.4) is 0 Å². The summed E-state index contributed by atoms with van der Waals surface area (Å²) in [6, 6.07) is 13.1. The van der Waals surface area contributed by atoms with Crippen LogP contribution < -0.4 is 4.90 Å². The lowest BCUT2D eigenvalue weighted by Gasteiger charge is -2.35. The average Bonchev–Trinajstić information content (AvgIpc) is 2.68. The van der Waals surface area contributed by atoms with Gasteiger partial charge in [-0.1, -0.05) is 18.2 Å². The van der Waals surface area contributed by atoms with Gasteiger partial charge in [0.05, 0.1) is 10.5 Å². The molecule has 1 heterocycles. The highest BCUT2D eigenvalue weighted by Crippen LogP contribution is 2.26. The molecule has 0 aliphatic carbocycles. The lowest BCUT2D eigenvalue weighted by molar-refractivity contribution is -0.384. The van der Waals surface area contributed by atoms with Crippen molar-refractivity contribution in [2.45, 2.75) is 11.8 Å². The van der Waals surface area contributed by atoms with Crippen molar-refractivity contribution >= 4 is 21.4 Å². The van der Waals surface area contributed by atoms with Crippen LogP contribution in [0.2, 0.25) is 0 Å². The van der Waals surface area contributed by atoms with Crippen LogP contribution in [-0.2, 0) is 10.0 Å². The first kappa shape index (κ1) is 18.8. The molecule has 0 unspecified atom stereocenters. The van der Waals surface area contributed by atoms with Crippen LogP contribution in [0.15, 0.2) is 47.4 Å². The maximum absolute atomic E-state index is 13.0. The minimum absolute atomic E-state index is 0.000902. The quantitative estimate of drug-likeness (QED) is 0.589. The van der Waals surface area contributed by atoms with Gasteiger partial charge in [-0.05, 0) is 24.6 Å². The minimum Gasteiger partial charge on any atom is -0.369 e. The molecule has 3 rings (SSSR count). The van der Waals surface area contributed by atoms with Crippen LogP contribution in [0, 0.1) is 28.4 Å². The van der Waals surface area contributed by atoms with E-state index in [1.54, 1.807) is 31.2 Å². The van der Waals surface area contributed by atoms with E-state index in [-0.39, 0.29) is 29.2 Å². The predicted octanol–water partition coefficient (Wildman–Crippen LogP) is 2.29. The number of piperazine rings is 1. The first-order chi connectivity index (χ1) is 12.8. The maximum Gasteiger partial charge on any atom is 0.271 e. The number of sulfonamides is 1. The lowest BCUT2D eigenvalue weighted by Crippen LogP contribution is -2.48. The van der Waals surface area contributed by atoms with Gasteiger partial charge in [0.15, 0.2) is 0 Å². The largest absolute Gasteiger partial charge is 0.369 e. The van der Waals surface area contributed by atoms with Crippen molar-refractivity contribution in [2.75, 3.05) is 31.1 Å². The van der Waals surface area contributed by atoms with E-state index < -0.39 is 14.9 Å². The Bertz CT molecular complexity index is 1020. The van der Waals surface area contributed by atoms with Gasteiger partial charge >= 0.3 is 0 Å². The molecular formula is C18H18N4O4S. The third kappa shape index (κ3) is 3.63. The lowest BCUT2D eigenvalue weighted by atomic mass is 10.1. The van der Waals surface area contributed by atoms with E-state index in [9.17, 15) is 23.8 Å². The van der Waals surface area contributed by atoms with E-state index in [2.05, 4.69) is 0 Å². The molecule has 2 aromatic rings. The summed E-state index contributed by atoms with van der Waals surface area (Å²) < 4.78 is 27.3. The van der Waals surface area contributed by atoms with E-state index in [0.717, 1.165) is 0 Å². The molecular weight excluding hydrogens is 368 g/mol. The highest BCUT2D eigenvalue weighted by atomic mass is 32.2. The summed E-state index contributed by atoms with van der Waals surface area (Å²) in [5.74, 6) is 0. The third-order valence-corrected chi connectivity index (χ3v) is 6.55. The van der Waals surface area contributed by atoms with Crippen molar-refractivity contribution in [1.29, 1.82) is 5.26 Å². The normalized spacial score (nSPS) is 15.3. The van der Waals surface area contributed by atoms with Gasteiger partial charge in [0.2, 0.25) is 10.0 Å². The zero-order chi connectivity index (χ0) is 19.6. The minimum atomic E-state index is -3.78. The van der Waals surface area contributed by atoms with Crippen molar-refractivity contribution in [1.82, 2.24) is 4.31 Å². The van der Waals surface area contributed by atoms with Crippen LogP contribution in [0.4, 0.5) is 11.4 Å². The van der Waals surface area contributed by atoms with E-state index in [1.165, 1.54) is 22.5 Å². The number of nitro groups is 1. The fraction of sp³-hybridized carbons (Fsp3) is 0.278. The molecule has 9 heteroatoms. The number of rotatable bonds is 4. The second-order valence-corrected chi connectivity index (χ2v) is 8.13. The second-order valence-electron chi connectivity index (χ2n) is 6.23. The standard InChI is InChI=1S/C18H18N4O4S/c1-14-4-2-7-18(17(14)13-19)27(25,26)21-10-8-20(9-11-21)15-5-3-6-16(12-15)22(23)24/h2-7,12H,8-11H2,1H3. The van der Waals surface area contributed by atoms with Crippen LogP contribution in [-0.4, -0.2) is 43.8 Å². The Hall–Kier alpha value is -2.96. The topological polar surface area (TPSA) is 108 Å². The molecule has 0 saturated carbocycles. The Morgan fingerprint density at radius 2 is 1.78 bits per heavy atom. The highest BCUT2D eigenvalue weighted by Gasteiger charge is 2.31. The van der Waals surface area contributed by atoms with Gasteiger partial charge in [0.1, 0.15) is 11.0 Å². The summed E-state index contributed by atoms with van der Waals surface area (Å²) in [5.41, 5.74) is 1.47. The zero-order valence-electron chi connectivity index (χ0n) is 14.7. The number of nitro benzene ring substituents is 1. The van der Waals surface area contributed by atoms with E-state index in [1.807, 2.05) is 11.0 Å². The van der Waals surface area contributed by atoms with Crippen molar-refractivity contribution in [3.63, 3.8) is 0 Å². The van der Waals surface area contributed by atoms with Gasteiger partial charge in [-0.3, -0.25) is 10.1 Å². The summed E-state index contributed by atoms with van der Waals surface area (Å²) in [6.45, 7) is 3.01. The Labute approximate surface area is 157 Å². The fourth-order valence-electron chi connectivity index (χ4n) is 3.13. The Morgan fingerprint density at radius 3 is 2.41 bits per heavy atom. The van der Waals surface area contributed by atoms with Crippen LogP contribution in [0.1, 0.15) is 11.1 Å². The smallest absolute Gasteiger partial charge is 0.271 e. The van der Waals surface area contributed by atoms with Crippen molar-refractivity contribution < 1.29 is 13.3 Å². The monoisotopic (exact) mass is 386 g/mol. The zero-order valence-corrected chi connectivity index (χ0v) is 15.5. The van der Waals surface area contributed by atoms with Crippen LogP contribution in [0.5, 0.6) is 0 Å². The number of nitriles is 1. The Kier molecular flexibility index (Phi) is 5.12. The highest BCUT2D eigenvalue weighted by molar-refractivity contribution is 7.89. The second kappa shape index (κ2) is 7.34. The number of nitrogens with zero attached hydrogens (tertiary/aromatic N) is 4. The molecule has 140 valence electrons. The van der Waals surface area contributed by atoms with Gasteiger partial charge in [-0.2, -0.15) is 9.57 Å². The fourth-order valence-corrected chi connectivity index (χ4v) is 4.77. The third-order valence-electron chi connectivity index (χ3n) is 4.61. The summed E-state index contributed by atoms with van der Waals surface area (Å²) in [6.07, 6.45) is 0. The molecule has 8 nitrogen and oxygen atoms in total. The first-order valence-electron chi connectivity index (χ1n) is 8.34. The predicted molar refractivity (Wildman–Crippen MR) is 100.0 cm³/mol. The molecule has 0 radical (unpaired) electrons. The molecule has 0 N–H and O–H groups in total. The van der Waals surface area contributed by atoms with Crippen LogP contribution >= 0.6 is 0 Å². The first-order valence-corrected chi connectivity index (χ1v) is 9.78. The molecule has 1 fully saturated rings. The molecule has 0 atom stereocenters. The number of non-ortho nitro benzene ring substituents is 1. The molecule has 0 spiro atoms. The van der Waals surface area contributed by atoms with Crippen molar-refractivity contribution in [3.05, 3.63) is 63.7 Å². The number of benzene rings is 2. The number of hydrogen-bond acceptors (Lipinski definition) is 6. The average molecular weight is 386 g/mol. The summed E-state index contributed by atoms with van der Waals surface area (Å²) >= 11 is 0. The molecule has 1 aliphatic heterocycles. The molecule has 27 heavy (non-hydrogen) atoms. The van der Waals surface area contributed by atoms with Crippen molar-refractivity contribution in [2.24, 2.45) is 0 Å². The van der Waals surface area contributed by atoms with Crippen LogP contribution in [0.25, 0.3) is 0 Å². The molecule has 0 amide bonds. The van der Waals surface area contributed by atoms with E-state index in [0.29, 0.717) is 24.3 Å². The molecule has 0 bridgehead atoms. The van der Waals surface area contributed by atoms with E-state index >= 15 is 0 Å². The summed E-state index contributed by atoms with van der Waals surface area (Å²) in [7, 11) is -3.78. The maximum atomic E-state index is 13.0. The molecule has 1 saturated heterocycles. The van der Waals surface area contributed by atoms with E-state index in [4.69, 9.17) is 0 Å². The van der Waals surface area contributed by atoms with Gasteiger partial charge in [-0.25, -0.2) is 8.42 Å². The molecule has 0 aromatic heterocycles. The van der Waals surface area contributed by atoms with Crippen molar-refractivity contribution in [3.8, 4) is 6.07 Å².